The van der Waals surface area contributed by atoms with Crippen LogP contribution in [0.5, 0.6) is 0 Å². The molecule has 1 N–H and O–H groups in total. The number of rotatable bonds is 3. The van der Waals surface area contributed by atoms with E-state index in [2.05, 4.69) is 5.32 Å². The van der Waals surface area contributed by atoms with Gasteiger partial charge in [-0.15, -0.1) is 11.3 Å². The Bertz CT molecular complexity index is 796. The lowest BCUT2D eigenvalue weighted by Crippen LogP contribution is -2.47. The van der Waals surface area contributed by atoms with E-state index in [-0.39, 0.29) is 29.8 Å². The lowest BCUT2D eigenvalue weighted by atomic mass is 9.81. The summed E-state index contributed by atoms with van der Waals surface area (Å²) in [6.45, 7) is 0. The molecule has 1 saturated carbocycles. The number of thiophene rings is 1. The Morgan fingerprint density at radius 1 is 1.12 bits per heavy atom. The van der Waals surface area contributed by atoms with Crippen molar-refractivity contribution in [2.24, 2.45) is 0 Å². The largest absolute Gasteiger partial charge is 0.353 e. The number of nitrogens with one attached hydrogen (secondary N) is 1. The molecule has 1 fully saturated rings. The lowest BCUT2D eigenvalue weighted by molar-refractivity contribution is -0.125. The maximum Gasteiger partial charge on any atom is 0.254 e. The highest BCUT2D eigenvalue weighted by atomic mass is 32.1. The van der Waals surface area contributed by atoms with Gasteiger partial charge in [0.05, 0.1) is 12.0 Å². The summed E-state index contributed by atoms with van der Waals surface area (Å²) in [6.07, 6.45) is 5.72. The zero-order valence-corrected chi connectivity index (χ0v) is 15.8. The molecule has 5 heteroatoms. The van der Waals surface area contributed by atoms with Gasteiger partial charge in [0.2, 0.25) is 5.91 Å². The first-order chi connectivity index (χ1) is 12.7. The Labute approximate surface area is 158 Å². The van der Waals surface area contributed by atoms with Crippen LogP contribution in [0, 0.1) is 0 Å². The molecule has 136 valence electrons. The SMILES string of the molecule is CN1C(=O)c2ccccc2[C@H](C(=O)NC2CCCCC2)[C@@H]1c1cccs1. The van der Waals surface area contributed by atoms with Crippen molar-refractivity contribution in [1.82, 2.24) is 10.2 Å². The average Bonchev–Trinajstić information content (AvgIpc) is 3.19. The zero-order chi connectivity index (χ0) is 18.1. The minimum atomic E-state index is -0.366. The van der Waals surface area contributed by atoms with Crippen molar-refractivity contribution in [1.29, 1.82) is 0 Å². The Balaban J connectivity index is 1.72. The minimum absolute atomic E-state index is 0.0132. The van der Waals surface area contributed by atoms with E-state index in [1.807, 2.05) is 48.8 Å². The predicted molar refractivity (Wildman–Crippen MR) is 103 cm³/mol. The molecule has 4 rings (SSSR count). The quantitative estimate of drug-likeness (QED) is 0.886. The van der Waals surface area contributed by atoms with Crippen LogP contribution in [0.25, 0.3) is 0 Å². The Morgan fingerprint density at radius 2 is 1.88 bits per heavy atom. The van der Waals surface area contributed by atoms with Gasteiger partial charge in [0, 0.05) is 23.5 Å². The zero-order valence-electron chi connectivity index (χ0n) is 15.0. The van der Waals surface area contributed by atoms with Crippen LogP contribution in [0.1, 0.15) is 64.9 Å². The second-order valence-corrected chi connectivity index (χ2v) is 8.26. The van der Waals surface area contributed by atoms with Crippen LogP contribution in [-0.2, 0) is 4.79 Å². The third kappa shape index (κ3) is 3.05. The molecule has 4 nitrogen and oxygen atoms in total. The summed E-state index contributed by atoms with van der Waals surface area (Å²) in [6, 6.07) is 11.6. The number of amides is 2. The molecule has 1 aliphatic heterocycles. The van der Waals surface area contributed by atoms with Crippen molar-refractivity contribution in [3.63, 3.8) is 0 Å². The maximum atomic E-state index is 13.3. The van der Waals surface area contributed by atoms with Crippen LogP contribution < -0.4 is 5.32 Å². The molecule has 26 heavy (non-hydrogen) atoms. The van der Waals surface area contributed by atoms with E-state index < -0.39 is 0 Å². The second kappa shape index (κ2) is 7.23. The van der Waals surface area contributed by atoms with Gasteiger partial charge in [0.25, 0.3) is 5.91 Å². The molecular formula is C21H24N2O2S. The summed E-state index contributed by atoms with van der Waals surface area (Å²) in [5.74, 6) is -0.336. The molecule has 0 bridgehead atoms. The molecule has 2 amide bonds. The van der Waals surface area contributed by atoms with Gasteiger partial charge in [0.1, 0.15) is 0 Å². The van der Waals surface area contributed by atoms with Crippen LogP contribution >= 0.6 is 11.3 Å². The third-order valence-electron chi connectivity index (χ3n) is 5.65. The molecule has 2 atom stereocenters. The van der Waals surface area contributed by atoms with Crippen LogP contribution in [0.4, 0.5) is 0 Å². The fourth-order valence-corrected chi connectivity index (χ4v) is 5.22. The summed E-state index contributed by atoms with van der Waals surface area (Å²) in [5.41, 5.74) is 1.49. The van der Waals surface area contributed by atoms with Crippen molar-refractivity contribution in [2.45, 2.75) is 50.1 Å². The number of benzene rings is 1. The first kappa shape index (κ1) is 17.3. The monoisotopic (exact) mass is 368 g/mol. The van der Waals surface area contributed by atoms with Crippen LogP contribution in [0.15, 0.2) is 41.8 Å². The molecule has 0 radical (unpaired) electrons. The van der Waals surface area contributed by atoms with Crippen molar-refractivity contribution in [2.75, 3.05) is 7.05 Å². The molecule has 0 saturated heterocycles. The summed E-state index contributed by atoms with van der Waals surface area (Å²) < 4.78 is 0. The Hall–Kier alpha value is -2.14. The molecule has 1 aromatic carbocycles. The van der Waals surface area contributed by atoms with Crippen molar-refractivity contribution in [3.8, 4) is 0 Å². The van der Waals surface area contributed by atoms with Crippen LogP contribution in [0.3, 0.4) is 0 Å². The van der Waals surface area contributed by atoms with E-state index in [0.717, 1.165) is 23.3 Å². The van der Waals surface area contributed by atoms with Gasteiger partial charge in [0.15, 0.2) is 0 Å². The van der Waals surface area contributed by atoms with E-state index >= 15 is 0 Å². The van der Waals surface area contributed by atoms with E-state index in [0.29, 0.717) is 5.56 Å². The highest BCUT2D eigenvalue weighted by Crippen LogP contribution is 2.43. The number of nitrogens with zero attached hydrogens (tertiary/aromatic N) is 1. The first-order valence-electron chi connectivity index (χ1n) is 9.36. The number of carbonyl (C=O) groups excluding carboxylic acids is 2. The van der Waals surface area contributed by atoms with Gasteiger partial charge in [-0.3, -0.25) is 9.59 Å². The van der Waals surface area contributed by atoms with Gasteiger partial charge in [-0.2, -0.15) is 0 Å². The number of hydrogen-bond donors (Lipinski definition) is 1. The molecule has 0 unspecified atom stereocenters. The maximum absolute atomic E-state index is 13.3. The molecule has 2 aromatic rings. The average molecular weight is 369 g/mol. The van der Waals surface area contributed by atoms with Gasteiger partial charge in [-0.1, -0.05) is 43.5 Å². The highest BCUT2D eigenvalue weighted by Gasteiger charge is 2.43. The predicted octanol–water partition coefficient (Wildman–Crippen LogP) is 4.11. The Kier molecular flexibility index (Phi) is 4.81. The molecule has 2 aliphatic rings. The fourth-order valence-electron chi connectivity index (χ4n) is 4.31. The number of fused-ring (bicyclic) bond motifs is 1. The summed E-state index contributed by atoms with van der Waals surface area (Å²) in [4.78, 5) is 29.0. The smallest absolute Gasteiger partial charge is 0.254 e. The number of hydrogen-bond acceptors (Lipinski definition) is 3. The highest BCUT2D eigenvalue weighted by molar-refractivity contribution is 7.10. The summed E-state index contributed by atoms with van der Waals surface area (Å²) in [7, 11) is 1.81. The van der Waals surface area contributed by atoms with Gasteiger partial charge >= 0.3 is 0 Å². The second-order valence-electron chi connectivity index (χ2n) is 7.28. The number of likely N-dealkylation sites (N-methyl/N-ethyl adjacent to an activating group) is 1. The van der Waals surface area contributed by atoms with Crippen LogP contribution in [-0.4, -0.2) is 29.8 Å². The number of carbonyl (C=O) groups is 2. The topological polar surface area (TPSA) is 49.4 Å². The molecule has 2 heterocycles. The van der Waals surface area contributed by atoms with Crippen molar-refractivity contribution in [3.05, 3.63) is 57.8 Å². The van der Waals surface area contributed by atoms with Gasteiger partial charge in [-0.25, -0.2) is 0 Å². The normalized spacial score (nSPS) is 23.6. The molecule has 1 aromatic heterocycles. The van der Waals surface area contributed by atoms with Crippen LogP contribution in [0.2, 0.25) is 0 Å². The van der Waals surface area contributed by atoms with Gasteiger partial charge < -0.3 is 10.2 Å². The van der Waals surface area contributed by atoms with Gasteiger partial charge in [-0.05, 0) is 35.9 Å². The Morgan fingerprint density at radius 3 is 2.62 bits per heavy atom. The summed E-state index contributed by atoms with van der Waals surface area (Å²) in [5, 5.41) is 5.29. The molecule has 1 aliphatic carbocycles. The van der Waals surface area contributed by atoms with E-state index in [9.17, 15) is 9.59 Å². The van der Waals surface area contributed by atoms with E-state index in [1.165, 1.54) is 19.3 Å². The minimum Gasteiger partial charge on any atom is -0.353 e. The van der Waals surface area contributed by atoms with Crippen molar-refractivity contribution < 1.29 is 9.59 Å². The standard InChI is InChI=1S/C21H24N2O2S/c1-23-19(17-12-7-13-26-17)18(15-10-5-6-11-16(15)21(23)25)20(24)22-14-8-3-2-4-9-14/h5-7,10-14,18-19H,2-4,8-9H2,1H3,(H,22,24)/t18-,19-/m0/s1. The van der Waals surface area contributed by atoms with E-state index in [4.69, 9.17) is 0 Å². The third-order valence-corrected chi connectivity index (χ3v) is 6.59. The first-order valence-corrected chi connectivity index (χ1v) is 10.2. The molecule has 0 spiro atoms. The fraction of sp³-hybridized carbons (Fsp3) is 0.429. The van der Waals surface area contributed by atoms with Crippen molar-refractivity contribution >= 4 is 23.2 Å². The lowest BCUT2D eigenvalue weighted by Gasteiger charge is -2.39. The van der Waals surface area contributed by atoms with E-state index in [1.54, 1.807) is 16.2 Å². The molecular weight excluding hydrogens is 344 g/mol. The summed E-state index contributed by atoms with van der Waals surface area (Å²) >= 11 is 1.60.